The van der Waals surface area contributed by atoms with Crippen molar-refractivity contribution < 1.29 is 14.3 Å². The van der Waals surface area contributed by atoms with E-state index in [1.54, 1.807) is 0 Å². The number of hydrogen-bond donors (Lipinski definition) is 1. The Kier molecular flexibility index (Phi) is 6.32. The Morgan fingerprint density at radius 1 is 1.24 bits per heavy atom. The van der Waals surface area contributed by atoms with Crippen LogP contribution in [0.4, 0.5) is 0 Å². The fraction of sp³-hybridized carbons (Fsp3) is 0.650. The molecule has 1 saturated carbocycles. The van der Waals surface area contributed by atoms with Gasteiger partial charge in [-0.15, -0.1) is 0 Å². The van der Waals surface area contributed by atoms with Crippen LogP contribution in [0.25, 0.3) is 0 Å². The van der Waals surface area contributed by atoms with Crippen molar-refractivity contribution in [2.45, 2.75) is 44.6 Å². The minimum absolute atomic E-state index is 0.0141. The fourth-order valence-electron chi connectivity index (χ4n) is 4.09. The molecule has 0 atom stereocenters. The molecule has 3 rings (SSSR count). The zero-order chi connectivity index (χ0) is 17.5. The van der Waals surface area contributed by atoms with Gasteiger partial charge < -0.3 is 14.8 Å². The number of rotatable bonds is 6. The van der Waals surface area contributed by atoms with Gasteiger partial charge in [0, 0.05) is 30.7 Å². The quantitative estimate of drug-likeness (QED) is 0.860. The lowest BCUT2D eigenvalue weighted by atomic mass is 9.79. The van der Waals surface area contributed by atoms with Crippen molar-refractivity contribution >= 4 is 5.91 Å². The molecule has 0 spiro atoms. The molecule has 1 heterocycles. The number of ether oxygens (including phenoxy) is 2. The first kappa shape index (κ1) is 18.2. The van der Waals surface area contributed by atoms with Crippen molar-refractivity contribution in [2.75, 3.05) is 39.5 Å². The van der Waals surface area contributed by atoms with Gasteiger partial charge in [-0.25, -0.2) is 0 Å². The molecule has 0 aromatic heterocycles. The zero-order valence-corrected chi connectivity index (χ0v) is 15.3. The molecule has 1 saturated heterocycles. The van der Waals surface area contributed by atoms with Crippen LogP contribution >= 0.6 is 0 Å². The van der Waals surface area contributed by atoms with Crippen LogP contribution in [0.5, 0.6) is 5.75 Å². The van der Waals surface area contributed by atoms with E-state index in [-0.39, 0.29) is 11.4 Å². The van der Waals surface area contributed by atoms with Crippen LogP contribution in [0.2, 0.25) is 0 Å². The van der Waals surface area contributed by atoms with Crippen LogP contribution < -0.4 is 10.1 Å². The monoisotopic (exact) mass is 346 g/mol. The topological polar surface area (TPSA) is 50.8 Å². The van der Waals surface area contributed by atoms with Gasteiger partial charge in [-0.05, 0) is 38.0 Å². The highest BCUT2D eigenvalue weighted by Crippen LogP contribution is 2.34. The van der Waals surface area contributed by atoms with Gasteiger partial charge in [0.05, 0.1) is 19.8 Å². The van der Waals surface area contributed by atoms with Gasteiger partial charge in [-0.1, -0.05) is 25.3 Å². The van der Waals surface area contributed by atoms with E-state index >= 15 is 0 Å². The van der Waals surface area contributed by atoms with Gasteiger partial charge in [0.1, 0.15) is 5.75 Å². The van der Waals surface area contributed by atoms with Gasteiger partial charge in [0.2, 0.25) is 0 Å². The molecule has 1 aromatic carbocycles. The van der Waals surface area contributed by atoms with Crippen molar-refractivity contribution in [3.63, 3.8) is 0 Å². The summed E-state index contributed by atoms with van der Waals surface area (Å²) in [6, 6.07) is 7.43. The molecule has 1 aliphatic heterocycles. The summed E-state index contributed by atoms with van der Waals surface area (Å²) in [4.78, 5) is 15.2. The van der Waals surface area contributed by atoms with E-state index in [0.717, 1.165) is 44.9 Å². The lowest BCUT2D eigenvalue weighted by Gasteiger charge is -2.48. The molecule has 25 heavy (non-hydrogen) atoms. The molecule has 5 nitrogen and oxygen atoms in total. The number of carbonyl (C=O) groups is 1. The van der Waals surface area contributed by atoms with Crippen molar-refractivity contribution in [1.82, 2.24) is 10.2 Å². The fourth-order valence-corrected chi connectivity index (χ4v) is 4.09. The third kappa shape index (κ3) is 4.53. The number of nitrogens with zero attached hydrogens (tertiary/aromatic N) is 1. The summed E-state index contributed by atoms with van der Waals surface area (Å²) in [7, 11) is 0. The second-order valence-corrected chi connectivity index (χ2v) is 7.03. The molecular formula is C20H30N2O3. The second kappa shape index (κ2) is 8.68. The van der Waals surface area contributed by atoms with Crippen molar-refractivity contribution in [3.8, 4) is 5.75 Å². The maximum absolute atomic E-state index is 12.7. The standard InChI is InChI=1S/C20H30N2O3/c1-2-25-18-8-6-7-17(15-18)19(23)21-16-20(9-4-3-5-10-20)22-11-13-24-14-12-22/h6-8,15H,2-5,9-14,16H2,1H3,(H,21,23). The number of amides is 1. The molecule has 1 aliphatic carbocycles. The van der Waals surface area contributed by atoms with E-state index in [1.807, 2.05) is 31.2 Å². The van der Waals surface area contributed by atoms with Crippen molar-refractivity contribution in [1.29, 1.82) is 0 Å². The summed E-state index contributed by atoms with van der Waals surface area (Å²) >= 11 is 0. The Morgan fingerprint density at radius 3 is 2.72 bits per heavy atom. The molecule has 2 aliphatic rings. The first-order valence-corrected chi connectivity index (χ1v) is 9.57. The minimum Gasteiger partial charge on any atom is -0.494 e. The van der Waals surface area contributed by atoms with Gasteiger partial charge in [0.15, 0.2) is 0 Å². The summed E-state index contributed by atoms with van der Waals surface area (Å²) in [5.74, 6) is 0.732. The molecular weight excluding hydrogens is 316 g/mol. The Bertz CT molecular complexity index is 564. The average molecular weight is 346 g/mol. The van der Waals surface area contributed by atoms with Crippen LogP contribution in [0.15, 0.2) is 24.3 Å². The summed E-state index contributed by atoms with van der Waals surface area (Å²) in [6.07, 6.45) is 6.11. The molecule has 2 fully saturated rings. The normalized spacial score (nSPS) is 20.8. The highest BCUT2D eigenvalue weighted by atomic mass is 16.5. The lowest BCUT2D eigenvalue weighted by molar-refractivity contribution is -0.0361. The molecule has 0 radical (unpaired) electrons. The average Bonchev–Trinajstić information content (AvgIpc) is 2.68. The molecule has 5 heteroatoms. The second-order valence-electron chi connectivity index (χ2n) is 7.03. The highest BCUT2D eigenvalue weighted by molar-refractivity contribution is 5.94. The summed E-state index contributed by atoms with van der Waals surface area (Å²) in [5.41, 5.74) is 0.758. The van der Waals surface area contributed by atoms with E-state index in [4.69, 9.17) is 9.47 Å². The predicted molar refractivity (Wildman–Crippen MR) is 98.2 cm³/mol. The lowest BCUT2D eigenvalue weighted by Crippen LogP contribution is -2.59. The zero-order valence-electron chi connectivity index (χ0n) is 15.3. The Hall–Kier alpha value is -1.59. The number of hydrogen-bond acceptors (Lipinski definition) is 4. The number of benzene rings is 1. The van der Waals surface area contributed by atoms with E-state index < -0.39 is 0 Å². The maximum Gasteiger partial charge on any atom is 0.251 e. The van der Waals surface area contributed by atoms with Gasteiger partial charge in [-0.2, -0.15) is 0 Å². The van der Waals surface area contributed by atoms with Gasteiger partial charge in [0.25, 0.3) is 5.91 Å². The predicted octanol–water partition coefficient (Wildman–Crippen LogP) is 2.85. The smallest absolute Gasteiger partial charge is 0.251 e. The van der Waals surface area contributed by atoms with Gasteiger partial charge in [-0.3, -0.25) is 9.69 Å². The molecule has 0 unspecified atom stereocenters. The number of carbonyl (C=O) groups excluding carboxylic acids is 1. The Balaban J connectivity index is 1.66. The van der Waals surface area contributed by atoms with Crippen molar-refractivity contribution in [3.05, 3.63) is 29.8 Å². The number of nitrogens with one attached hydrogen (secondary N) is 1. The van der Waals surface area contributed by atoms with Crippen molar-refractivity contribution in [2.24, 2.45) is 0 Å². The molecule has 1 aromatic rings. The third-order valence-corrected chi connectivity index (χ3v) is 5.45. The van der Waals surface area contributed by atoms with E-state index in [0.29, 0.717) is 18.7 Å². The Labute approximate surface area is 150 Å². The SMILES string of the molecule is CCOc1cccc(C(=O)NCC2(N3CCOCC3)CCCCC2)c1. The Morgan fingerprint density at radius 2 is 2.00 bits per heavy atom. The first-order valence-electron chi connectivity index (χ1n) is 9.57. The van der Waals surface area contributed by atoms with Crippen LogP contribution in [-0.4, -0.2) is 55.8 Å². The van der Waals surface area contributed by atoms with E-state index in [2.05, 4.69) is 10.2 Å². The first-order chi connectivity index (χ1) is 12.2. The molecule has 0 bridgehead atoms. The van der Waals surface area contributed by atoms with Gasteiger partial charge >= 0.3 is 0 Å². The van der Waals surface area contributed by atoms with E-state index in [9.17, 15) is 4.79 Å². The maximum atomic E-state index is 12.7. The number of morpholine rings is 1. The molecule has 138 valence electrons. The van der Waals surface area contributed by atoms with Crippen LogP contribution in [0, 0.1) is 0 Å². The summed E-state index contributed by atoms with van der Waals surface area (Å²) in [5, 5.41) is 3.20. The largest absolute Gasteiger partial charge is 0.494 e. The molecule has 1 N–H and O–H groups in total. The molecule has 1 amide bonds. The summed E-state index contributed by atoms with van der Waals surface area (Å²) in [6.45, 7) is 6.79. The van der Waals surface area contributed by atoms with Crippen LogP contribution in [-0.2, 0) is 4.74 Å². The van der Waals surface area contributed by atoms with E-state index in [1.165, 1.54) is 19.3 Å². The summed E-state index contributed by atoms with van der Waals surface area (Å²) < 4.78 is 11.0. The highest BCUT2D eigenvalue weighted by Gasteiger charge is 2.38. The minimum atomic E-state index is -0.0141. The van der Waals surface area contributed by atoms with Crippen LogP contribution in [0.1, 0.15) is 49.4 Å². The third-order valence-electron chi connectivity index (χ3n) is 5.45. The van der Waals surface area contributed by atoms with Crippen LogP contribution in [0.3, 0.4) is 0 Å².